The third kappa shape index (κ3) is 3.77. The lowest BCUT2D eigenvalue weighted by Gasteiger charge is -2.10. The van der Waals surface area contributed by atoms with E-state index < -0.39 is 5.97 Å². The summed E-state index contributed by atoms with van der Waals surface area (Å²) >= 11 is 6.97. The summed E-state index contributed by atoms with van der Waals surface area (Å²) < 4.78 is 6.97. The molecule has 4 nitrogen and oxygen atoms in total. The molecule has 0 unspecified atom stereocenters. The van der Waals surface area contributed by atoms with Crippen molar-refractivity contribution < 1.29 is 9.53 Å². The van der Waals surface area contributed by atoms with Crippen molar-refractivity contribution in [1.29, 1.82) is 0 Å². The van der Waals surface area contributed by atoms with Crippen LogP contribution in [0.2, 0.25) is 0 Å². The second-order valence-electron chi connectivity index (χ2n) is 5.74. The molecule has 6 heteroatoms. The van der Waals surface area contributed by atoms with E-state index in [9.17, 15) is 4.79 Å². The van der Waals surface area contributed by atoms with Gasteiger partial charge in [0.25, 0.3) is 0 Å². The first-order valence-electron chi connectivity index (χ1n) is 8.11. The van der Waals surface area contributed by atoms with Crippen LogP contribution in [0.4, 0.5) is 0 Å². The number of hydrogen-bond donors (Lipinski definition) is 0. The number of benzene rings is 3. The number of carbonyl (C=O) groups is 1. The number of fused-ring (bicyclic) bond motifs is 2. The first-order valence-corrected chi connectivity index (χ1v) is 9.70. The Labute approximate surface area is 172 Å². The summed E-state index contributed by atoms with van der Waals surface area (Å²) in [6, 6.07) is 18.9. The van der Waals surface area contributed by atoms with Gasteiger partial charge in [0.1, 0.15) is 11.0 Å². The van der Waals surface area contributed by atoms with Gasteiger partial charge in [-0.2, -0.15) is 0 Å². The lowest BCUT2D eigenvalue weighted by Crippen LogP contribution is -2.06. The van der Waals surface area contributed by atoms with E-state index in [1.807, 2.05) is 54.6 Å². The molecule has 0 spiro atoms. The maximum atomic E-state index is 12.3. The van der Waals surface area contributed by atoms with Crippen LogP contribution in [-0.2, 0) is 4.79 Å². The molecular weight excluding hydrogens is 472 g/mol. The molecule has 0 saturated carbocycles. The number of carbonyl (C=O) groups excluding carboxylic acids is 1. The molecule has 4 rings (SSSR count). The van der Waals surface area contributed by atoms with E-state index in [1.54, 1.807) is 12.1 Å². The molecule has 3 aromatic carbocycles. The first-order chi connectivity index (χ1) is 13.1. The Kier molecular flexibility index (Phi) is 5.01. The van der Waals surface area contributed by atoms with E-state index in [0.29, 0.717) is 21.3 Å². The third-order valence-electron chi connectivity index (χ3n) is 3.90. The first kappa shape index (κ1) is 17.8. The van der Waals surface area contributed by atoms with Gasteiger partial charge in [0.05, 0.1) is 15.5 Å². The zero-order valence-electron chi connectivity index (χ0n) is 13.9. The molecule has 27 heavy (non-hydrogen) atoms. The SMILES string of the molecule is O=C(/C=C/c1ccccc1)Oc1c(Br)cc(Br)c2nc3ccccc3nc12. The van der Waals surface area contributed by atoms with Gasteiger partial charge in [0.15, 0.2) is 5.75 Å². The Morgan fingerprint density at radius 3 is 2.19 bits per heavy atom. The molecule has 4 aromatic rings. The standard InChI is InChI=1S/C21H12Br2N2O2/c22-14-12-15(23)21(27-18(26)11-10-13-6-2-1-3-7-13)20-19(14)24-16-8-4-5-9-17(16)25-20/h1-12H/b11-10+. The van der Waals surface area contributed by atoms with Crippen molar-refractivity contribution in [1.82, 2.24) is 9.97 Å². The number of nitrogens with zero attached hydrogens (tertiary/aromatic N) is 2. The molecule has 0 aliphatic rings. The molecule has 0 N–H and O–H groups in total. The highest BCUT2D eigenvalue weighted by molar-refractivity contribution is 9.11. The molecule has 0 aliphatic carbocycles. The van der Waals surface area contributed by atoms with Gasteiger partial charge in [-0.25, -0.2) is 14.8 Å². The Hall–Kier alpha value is -2.57. The highest BCUT2D eigenvalue weighted by atomic mass is 79.9. The molecule has 0 amide bonds. The van der Waals surface area contributed by atoms with E-state index in [0.717, 1.165) is 21.1 Å². The van der Waals surface area contributed by atoms with Crippen molar-refractivity contribution in [3.8, 4) is 5.75 Å². The molecule has 0 radical (unpaired) electrons. The monoisotopic (exact) mass is 482 g/mol. The van der Waals surface area contributed by atoms with E-state index >= 15 is 0 Å². The Morgan fingerprint density at radius 1 is 0.852 bits per heavy atom. The summed E-state index contributed by atoms with van der Waals surface area (Å²) in [6.45, 7) is 0. The van der Waals surface area contributed by atoms with E-state index in [1.165, 1.54) is 6.08 Å². The average Bonchev–Trinajstić information content (AvgIpc) is 2.69. The summed E-state index contributed by atoms with van der Waals surface area (Å²) in [5.41, 5.74) is 3.56. The number of ether oxygens (including phenoxy) is 1. The molecule has 1 aromatic heterocycles. The minimum atomic E-state index is -0.488. The van der Waals surface area contributed by atoms with Gasteiger partial charge in [0, 0.05) is 10.5 Å². The molecular formula is C21H12Br2N2O2. The van der Waals surface area contributed by atoms with Gasteiger partial charge >= 0.3 is 5.97 Å². The van der Waals surface area contributed by atoms with Crippen LogP contribution in [0, 0.1) is 0 Å². The fraction of sp³-hybridized carbons (Fsp3) is 0. The smallest absolute Gasteiger partial charge is 0.336 e. The second kappa shape index (κ2) is 7.58. The van der Waals surface area contributed by atoms with Crippen molar-refractivity contribution in [2.24, 2.45) is 0 Å². The topological polar surface area (TPSA) is 52.1 Å². The van der Waals surface area contributed by atoms with Crippen molar-refractivity contribution in [3.05, 3.63) is 81.2 Å². The van der Waals surface area contributed by atoms with Crippen LogP contribution in [0.15, 0.2) is 75.7 Å². The number of para-hydroxylation sites is 2. The predicted octanol–water partition coefficient (Wildman–Crippen LogP) is 5.93. The molecule has 0 bridgehead atoms. The van der Waals surface area contributed by atoms with Crippen LogP contribution in [0.1, 0.15) is 5.56 Å². The summed E-state index contributed by atoms with van der Waals surface area (Å²) in [6.07, 6.45) is 3.10. The van der Waals surface area contributed by atoms with Gasteiger partial charge in [-0.3, -0.25) is 0 Å². The quantitative estimate of drug-likeness (QED) is 0.157. The highest BCUT2D eigenvalue weighted by Gasteiger charge is 2.17. The predicted molar refractivity (Wildman–Crippen MR) is 114 cm³/mol. The van der Waals surface area contributed by atoms with Gasteiger partial charge < -0.3 is 4.74 Å². The van der Waals surface area contributed by atoms with Crippen LogP contribution in [0.3, 0.4) is 0 Å². The maximum absolute atomic E-state index is 12.3. The van der Waals surface area contributed by atoms with Crippen molar-refractivity contribution in [3.63, 3.8) is 0 Å². The summed E-state index contributed by atoms with van der Waals surface area (Å²) in [7, 11) is 0. The summed E-state index contributed by atoms with van der Waals surface area (Å²) in [4.78, 5) is 21.6. The zero-order valence-corrected chi connectivity index (χ0v) is 17.1. The number of hydrogen-bond acceptors (Lipinski definition) is 4. The molecule has 0 aliphatic heterocycles. The zero-order chi connectivity index (χ0) is 18.8. The Balaban J connectivity index is 1.75. The van der Waals surface area contributed by atoms with Crippen LogP contribution in [0.25, 0.3) is 28.1 Å². The van der Waals surface area contributed by atoms with Crippen molar-refractivity contribution in [2.45, 2.75) is 0 Å². The fourth-order valence-corrected chi connectivity index (χ4v) is 3.95. The molecule has 0 saturated heterocycles. The van der Waals surface area contributed by atoms with E-state index in [4.69, 9.17) is 4.74 Å². The second-order valence-corrected chi connectivity index (χ2v) is 7.45. The average molecular weight is 484 g/mol. The fourth-order valence-electron chi connectivity index (χ4n) is 2.64. The maximum Gasteiger partial charge on any atom is 0.336 e. The highest BCUT2D eigenvalue weighted by Crippen LogP contribution is 2.37. The third-order valence-corrected chi connectivity index (χ3v) is 5.09. The van der Waals surface area contributed by atoms with Gasteiger partial charge in [-0.1, -0.05) is 42.5 Å². The number of esters is 1. The number of aromatic nitrogens is 2. The number of halogens is 2. The van der Waals surface area contributed by atoms with Crippen LogP contribution in [0.5, 0.6) is 5.75 Å². The number of rotatable bonds is 3. The minimum absolute atomic E-state index is 0.342. The lowest BCUT2D eigenvalue weighted by atomic mass is 10.2. The Bertz CT molecular complexity index is 1190. The van der Waals surface area contributed by atoms with Gasteiger partial charge in [-0.15, -0.1) is 0 Å². The van der Waals surface area contributed by atoms with E-state index in [2.05, 4.69) is 41.8 Å². The van der Waals surface area contributed by atoms with E-state index in [-0.39, 0.29) is 0 Å². The van der Waals surface area contributed by atoms with Crippen molar-refractivity contribution >= 4 is 66.0 Å². The lowest BCUT2D eigenvalue weighted by molar-refractivity contribution is -0.128. The molecule has 1 heterocycles. The van der Waals surface area contributed by atoms with Gasteiger partial charge in [-0.05, 0) is 61.7 Å². The molecule has 132 valence electrons. The Morgan fingerprint density at radius 2 is 1.48 bits per heavy atom. The summed E-state index contributed by atoms with van der Waals surface area (Å²) in [5, 5.41) is 0. The normalized spacial score (nSPS) is 11.3. The largest absolute Gasteiger partial charge is 0.420 e. The van der Waals surface area contributed by atoms with Crippen LogP contribution >= 0.6 is 31.9 Å². The molecule has 0 atom stereocenters. The van der Waals surface area contributed by atoms with Gasteiger partial charge in [0.2, 0.25) is 0 Å². The van der Waals surface area contributed by atoms with Crippen LogP contribution in [-0.4, -0.2) is 15.9 Å². The minimum Gasteiger partial charge on any atom is -0.420 e. The summed E-state index contributed by atoms with van der Waals surface area (Å²) in [5.74, 6) is -0.146. The molecule has 0 fully saturated rings. The van der Waals surface area contributed by atoms with Crippen LogP contribution < -0.4 is 4.74 Å². The van der Waals surface area contributed by atoms with Crippen molar-refractivity contribution in [2.75, 3.05) is 0 Å².